The molecule has 10 aromatic carbocycles. The fraction of sp³-hybridized carbons (Fsp3) is 0.188. The van der Waals surface area contributed by atoms with Crippen molar-refractivity contribution in [3.8, 4) is 11.1 Å². The van der Waals surface area contributed by atoms with E-state index in [9.17, 15) is 0 Å². The van der Waals surface area contributed by atoms with Gasteiger partial charge in [0.2, 0.25) is 0 Å². The standard InChI is InChI=1S/C64H60N2/c1-7-43(5)47-31-39-51(40-32-47)65(49-35-27-45(9-3)28-36-49)63-57-23-15-11-19-53(57)61(54-20-12-16-24-58(54)63)62-55-21-13-17-25-59(55)64(60-26-18-14-22-56(60)62)66(50-37-29-46(10-4)30-38-50)52-41-33-48(34-42-52)44(6)8-2/h11-44H,7-10H2,1-6H3. The molecule has 0 fully saturated rings. The summed E-state index contributed by atoms with van der Waals surface area (Å²) in [6.45, 7) is 13.6. The summed E-state index contributed by atoms with van der Waals surface area (Å²) < 4.78 is 0. The minimum Gasteiger partial charge on any atom is -0.309 e. The first kappa shape index (κ1) is 42.8. The van der Waals surface area contributed by atoms with E-state index < -0.39 is 0 Å². The van der Waals surface area contributed by atoms with Crippen LogP contribution in [0.25, 0.3) is 54.2 Å². The van der Waals surface area contributed by atoms with E-state index >= 15 is 0 Å². The molecule has 0 spiro atoms. The molecule has 0 saturated heterocycles. The lowest BCUT2D eigenvalue weighted by Crippen LogP contribution is -2.12. The van der Waals surface area contributed by atoms with E-state index in [0.717, 1.165) is 48.4 Å². The van der Waals surface area contributed by atoms with Crippen molar-refractivity contribution in [1.82, 2.24) is 0 Å². The molecule has 0 aliphatic rings. The molecule has 2 nitrogen and oxygen atoms in total. The monoisotopic (exact) mass is 856 g/mol. The highest BCUT2D eigenvalue weighted by atomic mass is 15.2. The number of hydrogen-bond donors (Lipinski definition) is 0. The Labute approximate surface area is 391 Å². The molecule has 66 heavy (non-hydrogen) atoms. The Morgan fingerprint density at radius 3 is 0.788 bits per heavy atom. The molecule has 0 saturated carbocycles. The zero-order valence-corrected chi connectivity index (χ0v) is 39.4. The Hall–Kier alpha value is -7.16. The minimum absolute atomic E-state index is 0.497. The number of benzene rings is 10. The highest BCUT2D eigenvalue weighted by molar-refractivity contribution is 6.30. The summed E-state index contributed by atoms with van der Waals surface area (Å²) in [5, 5.41) is 9.78. The van der Waals surface area contributed by atoms with Gasteiger partial charge in [0, 0.05) is 44.3 Å². The SMILES string of the molecule is CCc1ccc(N(c2ccc(C(C)CC)cc2)c2c3ccccc3c(-c3c4ccccc4c(N(c4ccc(CC)cc4)c4ccc(C(C)CC)cc4)c4ccccc34)c3ccccc23)cc1. The lowest BCUT2D eigenvalue weighted by Gasteiger charge is -2.31. The van der Waals surface area contributed by atoms with Gasteiger partial charge in [-0.05, 0) is 141 Å². The largest absolute Gasteiger partial charge is 0.309 e. The highest BCUT2D eigenvalue weighted by Gasteiger charge is 2.27. The third-order valence-corrected chi connectivity index (χ3v) is 14.4. The molecular formula is C64H60N2. The number of aryl methyl sites for hydroxylation is 2. The average molecular weight is 857 g/mol. The quantitative estimate of drug-likeness (QED) is 0.107. The summed E-state index contributed by atoms with van der Waals surface area (Å²) in [5.74, 6) is 0.995. The van der Waals surface area contributed by atoms with Gasteiger partial charge in [0.15, 0.2) is 0 Å². The van der Waals surface area contributed by atoms with Crippen molar-refractivity contribution in [2.75, 3.05) is 9.80 Å². The van der Waals surface area contributed by atoms with Crippen molar-refractivity contribution in [2.45, 2.75) is 79.1 Å². The summed E-state index contributed by atoms with van der Waals surface area (Å²) in [7, 11) is 0. The first-order valence-electron chi connectivity index (χ1n) is 24.3. The molecule has 326 valence electrons. The van der Waals surface area contributed by atoms with Crippen molar-refractivity contribution in [1.29, 1.82) is 0 Å². The van der Waals surface area contributed by atoms with E-state index in [2.05, 4.69) is 245 Å². The molecule has 2 heteroatoms. The van der Waals surface area contributed by atoms with Crippen LogP contribution in [-0.2, 0) is 12.8 Å². The van der Waals surface area contributed by atoms with Gasteiger partial charge in [-0.2, -0.15) is 0 Å². The van der Waals surface area contributed by atoms with E-state index in [1.165, 1.54) is 87.8 Å². The second-order valence-corrected chi connectivity index (χ2v) is 18.1. The van der Waals surface area contributed by atoms with Gasteiger partial charge in [0.05, 0.1) is 11.4 Å². The molecule has 0 amide bonds. The lowest BCUT2D eigenvalue weighted by atomic mass is 9.84. The Morgan fingerprint density at radius 1 is 0.303 bits per heavy atom. The number of anilines is 6. The first-order chi connectivity index (χ1) is 32.4. The predicted molar refractivity (Wildman–Crippen MR) is 287 cm³/mol. The fourth-order valence-electron chi connectivity index (χ4n) is 10.2. The van der Waals surface area contributed by atoms with Crippen LogP contribution >= 0.6 is 0 Å². The van der Waals surface area contributed by atoms with Crippen LogP contribution in [0, 0.1) is 0 Å². The van der Waals surface area contributed by atoms with Crippen LogP contribution in [0.4, 0.5) is 34.1 Å². The highest BCUT2D eigenvalue weighted by Crippen LogP contribution is 2.53. The topological polar surface area (TPSA) is 6.48 Å². The van der Waals surface area contributed by atoms with Gasteiger partial charge >= 0.3 is 0 Å². The Bertz CT molecular complexity index is 2970. The summed E-state index contributed by atoms with van der Waals surface area (Å²) >= 11 is 0. The van der Waals surface area contributed by atoms with Crippen molar-refractivity contribution in [3.63, 3.8) is 0 Å². The number of hydrogen-bond acceptors (Lipinski definition) is 2. The van der Waals surface area contributed by atoms with E-state index in [-0.39, 0.29) is 0 Å². The molecule has 0 aliphatic carbocycles. The van der Waals surface area contributed by atoms with Crippen molar-refractivity contribution in [2.24, 2.45) is 0 Å². The Balaban J connectivity index is 1.28. The molecule has 2 unspecified atom stereocenters. The Morgan fingerprint density at radius 2 is 0.545 bits per heavy atom. The lowest BCUT2D eigenvalue weighted by molar-refractivity contribution is 0.733. The van der Waals surface area contributed by atoms with Gasteiger partial charge in [0.1, 0.15) is 0 Å². The average Bonchev–Trinajstić information content (AvgIpc) is 3.39. The van der Waals surface area contributed by atoms with Crippen molar-refractivity contribution >= 4 is 77.2 Å². The van der Waals surface area contributed by atoms with Crippen LogP contribution in [0.1, 0.15) is 88.5 Å². The fourth-order valence-corrected chi connectivity index (χ4v) is 10.2. The second kappa shape index (κ2) is 18.4. The van der Waals surface area contributed by atoms with Gasteiger partial charge in [0.25, 0.3) is 0 Å². The smallest absolute Gasteiger partial charge is 0.0618 e. The molecule has 0 N–H and O–H groups in total. The zero-order valence-electron chi connectivity index (χ0n) is 39.4. The molecule has 0 radical (unpaired) electrons. The van der Waals surface area contributed by atoms with Crippen LogP contribution in [0.5, 0.6) is 0 Å². The summed E-state index contributed by atoms with van der Waals surface area (Å²) in [6.07, 6.45) is 4.22. The predicted octanol–water partition coefficient (Wildman–Crippen LogP) is 19.1. The van der Waals surface area contributed by atoms with Crippen LogP contribution in [0.2, 0.25) is 0 Å². The molecule has 10 aromatic rings. The third-order valence-electron chi connectivity index (χ3n) is 14.4. The van der Waals surface area contributed by atoms with Crippen LogP contribution in [0.15, 0.2) is 194 Å². The summed E-state index contributed by atoms with van der Waals surface area (Å²) in [4.78, 5) is 5.00. The second-order valence-electron chi connectivity index (χ2n) is 18.1. The van der Waals surface area contributed by atoms with Crippen molar-refractivity contribution in [3.05, 3.63) is 216 Å². The zero-order chi connectivity index (χ0) is 45.3. The van der Waals surface area contributed by atoms with E-state index in [4.69, 9.17) is 0 Å². The van der Waals surface area contributed by atoms with Crippen molar-refractivity contribution < 1.29 is 0 Å². The normalized spacial score (nSPS) is 12.5. The molecule has 10 rings (SSSR count). The maximum Gasteiger partial charge on any atom is 0.0618 e. The summed E-state index contributed by atoms with van der Waals surface area (Å²) in [5.41, 5.74) is 14.9. The summed E-state index contributed by atoms with van der Waals surface area (Å²) in [6, 6.07) is 73.5. The number of fused-ring (bicyclic) bond motifs is 4. The Kier molecular flexibility index (Phi) is 11.9. The van der Waals surface area contributed by atoms with Gasteiger partial charge in [-0.1, -0.05) is 187 Å². The molecular weight excluding hydrogens is 797 g/mol. The first-order valence-corrected chi connectivity index (χ1v) is 24.3. The third kappa shape index (κ3) is 7.59. The van der Waals surface area contributed by atoms with E-state index in [1.807, 2.05) is 0 Å². The van der Waals surface area contributed by atoms with E-state index in [0.29, 0.717) is 11.8 Å². The molecule has 2 atom stereocenters. The van der Waals surface area contributed by atoms with E-state index in [1.54, 1.807) is 0 Å². The van der Waals surface area contributed by atoms with Crippen LogP contribution in [-0.4, -0.2) is 0 Å². The maximum absolute atomic E-state index is 2.50. The van der Waals surface area contributed by atoms with Crippen LogP contribution in [0.3, 0.4) is 0 Å². The number of rotatable bonds is 13. The van der Waals surface area contributed by atoms with Gasteiger partial charge in [-0.15, -0.1) is 0 Å². The minimum atomic E-state index is 0.497. The van der Waals surface area contributed by atoms with Gasteiger partial charge < -0.3 is 9.80 Å². The molecule has 0 bridgehead atoms. The molecule has 0 heterocycles. The maximum atomic E-state index is 2.50. The molecule has 0 aliphatic heterocycles. The van der Waals surface area contributed by atoms with Gasteiger partial charge in [-0.3, -0.25) is 0 Å². The van der Waals surface area contributed by atoms with Gasteiger partial charge in [-0.25, -0.2) is 0 Å². The molecule has 0 aromatic heterocycles. The van der Waals surface area contributed by atoms with Crippen LogP contribution < -0.4 is 9.80 Å². The number of nitrogens with zero attached hydrogens (tertiary/aromatic N) is 2.